The summed E-state index contributed by atoms with van der Waals surface area (Å²) in [7, 11) is 1.66. The van der Waals surface area contributed by atoms with Crippen LogP contribution in [0.1, 0.15) is 10.4 Å². The van der Waals surface area contributed by atoms with E-state index in [0.29, 0.717) is 22.2 Å². The molecule has 0 radical (unpaired) electrons. The first-order valence-electron chi connectivity index (χ1n) is 5.23. The van der Waals surface area contributed by atoms with Crippen LogP contribution in [0, 0.1) is 0 Å². The zero-order chi connectivity index (χ0) is 13.5. The topological polar surface area (TPSA) is 44.4 Å². The Morgan fingerprint density at radius 2 is 2.11 bits per heavy atom. The molecule has 0 saturated heterocycles. The minimum atomic E-state index is -0.253. The quantitative estimate of drug-likeness (QED) is 0.506. The van der Waals surface area contributed by atoms with Crippen molar-refractivity contribution in [3.8, 4) is 0 Å². The van der Waals surface area contributed by atoms with E-state index in [1.807, 2.05) is 0 Å². The highest BCUT2D eigenvalue weighted by Crippen LogP contribution is 2.09. The van der Waals surface area contributed by atoms with Gasteiger partial charge in [-0.25, -0.2) is 0 Å². The molecule has 0 aliphatic rings. The number of nitrogens with zero attached hydrogens (tertiary/aromatic N) is 1. The second kappa shape index (κ2) is 6.98. The van der Waals surface area contributed by atoms with Gasteiger partial charge in [-0.15, -0.1) is 6.58 Å². The summed E-state index contributed by atoms with van der Waals surface area (Å²) in [6.45, 7) is 4.11. The molecule has 0 heterocycles. The SMILES string of the molecule is C=CCNC(=S)N(C)NC(=O)c1ccc(Cl)cc1. The van der Waals surface area contributed by atoms with Crippen LogP contribution in [-0.4, -0.2) is 29.6 Å². The lowest BCUT2D eigenvalue weighted by Gasteiger charge is -2.21. The molecule has 0 aliphatic carbocycles. The van der Waals surface area contributed by atoms with E-state index in [-0.39, 0.29) is 5.91 Å². The van der Waals surface area contributed by atoms with Gasteiger partial charge in [-0.05, 0) is 36.5 Å². The zero-order valence-corrected chi connectivity index (χ0v) is 11.5. The third-order valence-corrected chi connectivity index (χ3v) is 2.75. The summed E-state index contributed by atoms with van der Waals surface area (Å²) < 4.78 is 0. The zero-order valence-electron chi connectivity index (χ0n) is 9.94. The molecular weight excluding hydrogens is 270 g/mol. The van der Waals surface area contributed by atoms with E-state index in [9.17, 15) is 4.79 Å². The molecule has 0 unspecified atom stereocenters. The van der Waals surface area contributed by atoms with Crippen molar-refractivity contribution in [3.63, 3.8) is 0 Å². The Bertz CT molecular complexity index is 447. The molecule has 1 amide bonds. The monoisotopic (exact) mass is 283 g/mol. The van der Waals surface area contributed by atoms with Crippen molar-refractivity contribution >= 4 is 34.8 Å². The number of nitrogens with one attached hydrogen (secondary N) is 2. The van der Waals surface area contributed by atoms with Crippen molar-refractivity contribution in [2.45, 2.75) is 0 Å². The van der Waals surface area contributed by atoms with Crippen molar-refractivity contribution in [1.29, 1.82) is 0 Å². The van der Waals surface area contributed by atoms with Crippen LogP contribution in [0.3, 0.4) is 0 Å². The number of carbonyl (C=O) groups excluding carboxylic acids is 1. The largest absolute Gasteiger partial charge is 0.358 e. The van der Waals surface area contributed by atoms with Gasteiger partial charge < -0.3 is 5.32 Å². The molecule has 4 nitrogen and oxygen atoms in total. The maximum absolute atomic E-state index is 11.8. The van der Waals surface area contributed by atoms with Gasteiger partial charge in [0.1, 0.15) is 0 Å². The van der Waals surface area contributed by atoms with Gasteiger partial charge >= 0.3 is 0 Å². The lowest BCUT2D eigenvalue weighted by atomic mass is 10.2. The second-order valence-electron chi connectivity index (χ2n) is 3.48. The fourth-order valence-corrected chi connectivity index (χ4v) is 1.40. The number of benzene rings is 1. The van der Waals surface area contributed by atoms with Gasteiger partial charge in [0.2, 0.25) is 0 Å². The number of hydrogen-bond acceptors (Lipinski definition) is 2. The van der Waals surface area contributed by atoms with Crippen LogP contribution in [0.2, 0.25) is 5.02 Å². The average molecular weight is 284 g/mol. The summed E-state index contributed by atoms with van der Waals surface area (Å²) in [6, 6.07) is 6.60. The summed E-state index contributed by atoms with van der Waals surface area (Å²) in [4.78, 5) is 11.8. The minimum absolute atomic E-state index is 0.253. The van der Waals surface area contributed by atoms with Crippen LogP contribution in [-0.2, 0) is 0 Å². The Morgan fingerprint density at radius 3 is 2.67 bits per heavy atom. The molecule has 6 heteroatoms. The maximum Gasteiger partial charge on any atom is 0.269 e. The number of thiocarbonyl (C=S) groups is 1. The van der Waals surface area contributed by atoms with E-state index in [4.69, 9.17) is 23.8 Å². The molecule has 96 valence electrons. The molecule has 2 N–H and O–H groups in total. The number of hydrazine groups is 1. The Hall–Kier alpha value is -1.59. The molecule has 0 spiro atoms. The molecule has 1 aromatic carbocycles. The first-order valence-corrected chi connectivity index (χ1v) is 6.02. The average Bonchev–Trinajstić information content (AvgIpc) is 2.36. The fraction of sp³-hybridized carbons (Fsp3) is 0.167. The summed E-state index contributed by atoms with van der Waals surface area (Å²) in [5.41, 5.74) is 3.15. The number of carbonyl (C=O) groups is 1. The van der Waals surface area contributed by atoms with Crippen LogP contribution in [0.5, 0.6) is 0 Å². The summed E-state index contributed by atoms with van der Waals surface area (Å²) in [6.07, 6.45) is 1.68. The highest BCUT2D eigenvalue weighted by Gasteiger charge is 2.09. The smallest absolute Gasteiger partial charge is 0.269 e. The first-order chi connectivity index (χ1) is 8.54. The van der Waals surface area contributed by atoms with E-state index in [1.165, 1.54) is 5.01 Å². The molecule has 0 atom stereocenters. The number of rotatable bonds is 3. The molecule has 18 heavy (non-hydrogen) atoms. The maximum atomic E-state index is 11.8. The van der Waals surface area contributed by atoms with Crippen LogP contribution < -0.4 is 10.7 Å². The van der Waals surface area contributed by atoms with Gasteiger partial charge in [0, 0.05) is 24.2 Å². The third-order valence-electron chi connectivity index (χ3n) is 2.08. The molecule has 0 saturated carbocycles. The molecule has 0 bridgehead atoms. The third kappa shape index (κ3) is 4.35. The fourth-order valence-electron chi connectivity index (χ4n) is 1.15. The van der Waals surface area contributed by atoms with Crippen LogP contribution in [0.25, 0.3) is 0 Å². The second-order valence-corrected chi connectivity index (χ2v) is 4.30. The highest BCUT2D eigenvalue weighted by molar-refractivity contribution is 7.80. The Kier molecular flexibility index (Phi) is 5.61. The van der Waals surface area contributed by atoms with E-state index in [1.54, 1.807) is 37.4 Å². The standard InChI is InChI=1S/C12H14ClN3OS/c1-3-8-14-12(18)16(2)15-11(17)9-4-6-10(13)7-5-9/h3-7H,1,8H2,2H3,(H,14,18)(H,15,17). The van der Waals surface area contributed by atoms with Crippen molar-refractivity contribution in [2.75, 3.05) is 13.6 Å². The number of amides is 1. The summed E-state index contributed by atoms with van der Waals surface area (Å²) in [5, 5.41) is 5.34. The van der Waals surface area contributed by atoms with E-state index >= 15 is 0 Å². The summed E-state index contributed by atoms with van der Waals surface area (Å²) >= 11 is 10.8. The predicted octanol–water partition coefficient (Wildman–Crippen LogP) is 1.98. The summed E-state index contributed by atoms with van der Waals surface area (Å²) in [5.74, 6) is -0.253. The van der Waals surface area contributed by atoms with Crippen molar-refractivity contribution in [2.24, 2.45) is 0 Å². The Balaban J connectivity index is 2.56. The van der Waals surface area contributed by atoms with Gasteiger partial charge in [-0.1, -0.05) is 17.7 Å². The lowest BCUT2D eigenvalue weighted by molar-refractivity contribution is 0.0886. The molecule has 0 fully saturated rings. The minimum Gasteiger partial charge on any atom is -0.358 e. The van der Waals surface area contributed by atoms with Crippen molar-refractivity contribution < 1.29 is 4.79 Å². The van der Waals surface area contributed by atoms with Crippen LogP contribution >= 0.6 is 23.8 Å². The highest BCUT2D eigenvalue weighted by atomic mass is 35.5. The van der Waals surface area contributed by atoms with Crippen molar-refractivity contribution in [3.05, 3.63) is 47.5 Å². The predicted molar refractivity (Wildman–Crippen MR) is 77.5 cm³/mol. The number of hydrogen-bond donors (Lipinski definition) is 2. The molecule has 1 rings (SSSR count). The van der Waals surface area contributed by atoms with Crippen LogP contribution in [0.15, 0.2) is 36.9 Å². The molecular formula is C12H14ClN3OS. The first kappa shape index (κ1) is 14.5. The van der Waals surface area contributed by atoms with Crippen molar-refractivity contribution in [1.82, 2.24) is 15.8 Å². The molecule has 0 aliphatic heterocycles. The lowest BCUT2D eigenvalue weighted by Crippen LogP contribution is -2.48. The van der Waals surface area contributed by atoms with E-state index in [2.05, 4.69) is 17.3 Å². The van der Waals surface area contributed by atoms with E-state index in [0.717, 1.165) is 0 Å². The molecule has 0 aromatic heterocycles. The Morgan fingerprint density at radius 1 is 1.50 bits per heavy atom. The van der Waals surface area contributed by atoms with Gasteiger partial charge in [0.25, 0.3) is 5.91 Å². The van der Waals surface area contributed by atoms with E-state index < -0.39 is 0 Å². The normalized spacial score (nSPS) is 9.44. The number of halogens is 1. The van der Waals surface area contributed by atoms with Gasteiger partial charge in [-0.2, -0.15) is 0 Å². The van der Waals surface area contributed by atoms with Gasteiger partial charge in [-0.3, -0.25) is 15.2 Å². The van der Waals surface area contributed by atoms with Gasteiger partial charge in [0.05, 0.1) is 0 Å². The molecule has 1 aromatic rings. The van der Waals surface area contributed by atoms with Crippen LogP contribution in [0.4, 0.5) is 0 Å². The van der Waals surface area contributed by atoms with Gasteiger partial charge in [0.15, 0.2) is 5.11 Å². The Labute approximate surface area is 117 Å².